The number of carbonyl (C=O) groups is 2. The van der Waals surface area contributed by atoms with Gasteiger partial charge < -0.3 is 14.7 Å². The van der Waals surface area contributed by atoms with Crippen LogP contribution >= 0.6 is 0 Å². The third-order valence-corrected chi connectivity index (χ3v) is 4.38. The molecule has 2 aromatic carbocycles. The summed E-state index contributed by atoms with van der Waals surface area (Å²) in [7, 11) is 1.54. The highest BCUT2D eigenvalue weighted by atomic mass is 16.5. The first-order valence-electron chi connectivity index (χ1n) is 7.93. The summed E-state index contributed by atoms with van der Waals surface area (Å²) in [6.45, 7) is 3.92. The molecule has 0 fully saturated rings. The van der Waals surface area contributed by atoms with Gasteiger partial charge in [-0.25, -0.2) is 0 Å². The Bertz CT molecular complexity index is 828. The van der Waals surface area contributed by atoms with Crippen molar-refractivity contribution in [2.24, 2.45) is 0 Å². The third kappa shape index (κ3) is 2.83. The molecule has 5 heteroatoms. The van der Waals surface area contributed by atoms with E-state index in [0.717, 1.165) is 0 Å². The second kappa shape index (κ2) is 6.53. The monoisotopic (exact) mass is 337 g/mol. The number of methoxy groups -OCH3 is 1. The van der Waals surface area contributed by atoms with Crippen molar-refractivity contribution in [2.45, 2.75) is 12.0 Å². The van der Waals surface area contributed by atoms with E-state index in [-0.39, 0.29) is 18.7 Å². The van der Waals surface area contributed by atoms with Gasteiger partial charge in [-0.15, -0.1) is 6.58 Å². The molecule has 1 aliphatic heterocycles. The molecule has 0 aliphatic carbocycles. The number of ether oxygens (including phenoxy) is 1. The molecule has 0 saturated carbocycles. The molecule has 3 rings (SSSR count). The lowest BCUT2D eigenvalue weighted by Crippen LogP contribution is -2.41. The van der Waals surface area contributed by atoms with Crippen molar-refractivity contribution in [3.8, 4) is 5.75 Å². The number of ketones is 1. The number of carbonyl (C=O) groups excluding carboxylic acids is 2. The number of nitrogens with zero attached hydrogens (tertiary/aromatic N) is 1. The van der Waals surface area contributed by atoms with Crippen LogP contribution in [0.25, 0.3) is 0 Å². The number of Topliss-reactive ketones (excluding diaryl/α,β-unsaturated/α-hetero) is 1. The maximum absolute atomic E-state index is 12.8. The first-order valence-corrected chi connectivity index (χ1v) is 7.93. The van der Waals surface area contributed by atoms with Crippen molar-refractivity contribution in [2.75, 3.05) is 18.6 Å². The van der Waals surface area contributed by atoms with E-state index in [4.69, 9.17) is 4.74 Å². The quantitative estimate of drug-likeness (QED) is 0.650. The Morgan fingerprint density at radius 1 is 1.24 bits per heavy atom. The Morgan fingerprint density at radius 2 is 1.92 bits per heavy atom. The van der Waals surface area contributed by atoms with E-state index < -0.39 is 11.5 Å². The lowest BCUT2D eigenvalue weighted by atomic mass is 9.88. The fraction of sp³-hybridized carbons (Fsp3) is 0.200. The van der Waals surface area contributed by atoms with E-state index in [2.05, 4.69) is 6.58 Å². The minimum atomic E-state index is -1.86. The SMILES string of the molecule is C=CCN1C(=O)[C@](O)(CC(=O)c2ccc(OC)cc2)c2ccccc21. The molecule has 25 heavy (non-hydrogen) atoms. The molecule has 0 radical (unpaired) electrons. The van der Waals surface area contributed by atoms with Crippen LogP contribution < -0.4 is 9.64 Å². The zero-order valence-corrected chi connectivity index (χ0v) is 13.9. The van der Waals surface area contributed by atoms with Crippen molar-refractivity contribution in [3.63, 3.8) is 0 Å². The fourth-order valence-electron chi connectivity index (χ4n) is 3.10. The van der Waals surface area contributed by atoms with Gasteiger partial charge in [-0.3, -0.25) is 9.59 Å². The van der Waals surface area contributed by atoms with Crippen LogP contribution in [0.3, 0.4) is 0 Å². The van der Waals surface area contributed by atoms with Crippen molar-refractivity contribution in [3.05, 3.63) is 72.3 Å². The summed E-state index contributed by atoms with van der Waals surface area (Å²) >= 11 is 0. The summed E-state index contributed by atoms with van der Waals surface area (Å²) in [5, 5.41) is 11.1. The van der Waals surface area contributed by atoms with E-state index in [0.29, 0.717) is 22.6 Å². The van der Waals surface area contributed by atoms with E-state index in [9.17, 15) is 14.7 Å². The summed E-state index contributed by atoms with van der Waals surface area (Å²) in [5.74, 6) is -0.182. The molecule has 0 unspecified atom stereocenters. The van der Waals surface area contributed by atoms with Gasteiger partial charge in [0.1, 0.15) is 5.75 Å². The zero-order chi connectivity index (χ0) is 18.0. The number of fused-ring (bicyclic) bond motifs is 1. The van der Waals surface area contributed by atoms with E-state index >= 15 is 0 Å². The summed E-state index contributed by atoms with van der Waals surface area (Å²) in [5.41, 5.74) is -0.390. The molecule has 5 nitrogen and oxygen atoms in total. The maximum atomic E-state index is 12.8. The van der Waals surface area contributed by atoms with Crippen LogP contribution in [0.1, 0.15) is 22.3 Å². The Kier molecular flexibility index (Phi) is 4.42. The van der Waals surface area contributed by atoms with Crippen LogP contribution in [0.15, 0.2) is 61.2 Å². The largest absolute Gasteiger partial charge is 0.497 e. The Balaban J connectivity index is 1.93. The second-order valence-electron chi connectivity index (χ2n) is 5.91. The minimum absolute atomic E-state index is 0.273. The fourth-order valence-corrected chi connectivity index (χ4v) is 3.10. The highest BCUT2D eigenvalue weighted by Gasteiger charge is 2.50. The van der Waals surface area contributed by atoms with Crippen LogP contribution in [0.2, 0.25) is 0 Å². The molecule has 1 N–H and O–H groups in total. The van der Waals surface area contributed by atoms with Crippen molar-refractivity contribution >= 4 is 17.4 Å². The summed E-state index contributed by atoms with van der Waals surface area (Å²) in [4.78, 5) is 26.9. The lowest BCUT2D eigenvalue weighted by Gasteiger charge is -2.22. The van der Waals surface area contributed by atoms with Crippen LogP contribution in [0, 0.1) is 0 Å². The predicted octanol–water partition coefficient (Wildman–Crippen LogP) is 2.69. The van der Waals surface area contributed by atoms with Gasteiger partial charge in [0.2, 0.25) is 0 Å². The first kappa shape index (κ1) is 16.9. The highest BCUT2D eigenvalue weighted by Crippen LogP contribution is 2.42. The number of anilines is 1. The molecule has 1 heterocycles. The highest BCUT2D eigenvalue weighted by molar-refractivity contribution is 6.10. The smallest absolute Gasteiger partial charge is 0.264 e. The summed E-state index contributed by atoms with van der Waals surface area (Å²) in [6.07, 6.45) is 1.27. The molecule has 0 saturated heterocycles. The number of para-hydroxylation sites is 1. The van der Waals surface area contributed by atoms with E-state index in [1.54, 1.807) is 61.7 Å². The number of hydrogen-bond donors (Lipinski definition) is 1. The van der Waals surface area contributed by atoms with Crippen LogP contribution in [-0.4, -0.2) is 30.5 Å². The average molecular weight is 337 g/mol. The normalized spacial score (nSPS) is 18.8. The second-order valence-corrected chi connectivity index (χ2v) is 5.91. The molecule has 2 aromatic rings. The molecular formula is C20H19NO4. The lowest BCUT2D eigenvalue weighted by molar-refractivity contribution is -0.135. The molecule has 0 aromatic heterocycles. The van der Waals surface area contributed by atoms with E-state index in [1.807, 2.05) is 0 Å². The number of benzene rings is 2. The summed E-state index contributed by atoms with van der Waals surface area (Å²) < 4.78 is 5.08. The Hall–Kier alpha value is -2.92. The third-order valence-electron chi connectivity index (χ3n) is 4.38. The predicted molar refractivity (Wildman–Crippen MR) is 94.8 cm³/mol. The van der Waals surface area contributed by atoms with Gasteiger partial charge in [0.15, 0.2) is 11.4 Å². The van der Waals surface area contributed by atoms with Crippen molar-refractivity contribution in [1.29, 1.82) is 0 Å². The molecule has 0 spiro atoms. The molecule has 0 bridgehead atoms. The van der Waals surface area contributed by atoms with Crippen LogP contribution in [0.4, 0.5) is 5.69 Å². The van der Waals surface area contributed by atoms with Crippen LogP contribution in [0.5, 0.6) is 5.75 Å². The van der Waals surface area contributed by atoms with E-state index in [1.165, 1.54) is 4.90 Å². The number of rotatable bonds is 6. The van der Waals surface area contributed by atoms with Crippen molar-refractivity contribution < 1.29 is 19.4 Å². The van der Waals surface area contributed by atoms with Gasteiger partial charge in [-0.05, 0) is 30.3 Å². The first-order chi connectivity index (χ1) is 12.0. The average Bonchev–Trinajstić information content (AvgIpc) is 2.84. The standard InChI is InChI=1S/C20H19NO4/c1-3-12-21-17-7-5-4-6-16(17)20(24,19(21)23)13-18(22)14-8-10-15(25-2)11-9-14/h3-11,24H,1,12-13H2,2H3/t20-/m0/s1. The van der Waals surface area contributed by atoms with Gasteiger partial charge in [0.25, 0.3) is 5.91 Å². The molecule has 1 aliphatic rings. The van der Waals surface area contributed by atoms with Gasteiger partial charge in [-0.1, -0.05) is 24.3 Å². The summed E-state index contributed by atoms with van der Waals surface area (Å²) in [6, 6.07) is 13.6. The molecule has 1 atom stereocenters. The maximum Gasteiger partial charge on any atom is 0.264 e. The number of aliphatic hydroxyl groups is 1. The van der Waals surface area contributed by atoms with Gasteiger partial charge in [0, 0.05) is 17.7 Å². The molecule has 1 amide bonds. The Morgan fingerprint density at radius 3 is 2.56 bits per heavy atom. The molecular weight excluding hydrogens is 318 g/mol. The number of amides is 1. The van der Waals surface area contributed by atoms with Gasteiger partial charge in [0.05, 0.1) is 19.2 Å². The van der Waals surface area contributed by atoms with Crippen LogP contribution in [-0.2, 0) is 10.4 Å². The Labute approximate surface area is 146 Å². The van der Waals surface area contributed by atoms with Gasteiger partial charge >= 0.3 is 0 Å². The zero-order valence-electron chi connectivity index (χ0n) is 13.9. The topological polar surface area (TPSA) is 66.8 Å². The number of hydrogen-bond acceptors (Lipinski definition) is 4. The molecule has 128 valence electrons. The minimum Gasteiger partial charge on any atom is -0.497 e. The van der Waals surface area contributed by atoms with Gasteiger partial charge in [-0.2, -0.15) is 0 Å². The van der Waals surface area contributed by atoms with Crippen molar-refractivity contribution in [1.82, 2.24) is 0 Å².